The van der Waals surface area contributed by atoms with E-state index in [9.17, 15) is 9.59 Å². The van der Waals surface area contributed by atoms with Crippen LogP contribution in [0.25, 0.3) is 30.9 Å². The zero-order valence-corrected chi connectivity index (χ0v) is 39.2. The molecule has 4 aromatic rings. The minimum atomic E-state index is 0.00762. The van der Waals surface area contributed by atoms with Crippen molar-refractivity contribution in [1.29, 1.82) is 0 Å². The molecule has 0 atom stereocenters. The van der Waals surface area contributed by atoms with Gasteiger partial charge in [0.1, 0.15) is 0 Å². The second-order valence-electron chi connectivity index (χ2n) is 16.4. The number of fused-ring (bicyclic) bond motifs is 1. The van der Waals surface area contributed by atoms with Gasteiger partial charge in [-0.15, -0.1) is 45.3 Å². The van der Waals surface area contributed by atoms with Gasteiger partial charge >= 0.3 is 0 Å². The number of unbranched alkanes of at least 4 members (excludes halogenated alkanes) is 16. The Bertz CT molecular complexity index is 1830. The van der Waals surface area contributed by atoms with Crippen LogP contribution in [0.3, 0.4) is 0 Å². The van der Waals surface area contributed by atoms with Gasteiger partial charge in [0, 0.05) is 42.4 Å². The molecule has 0 radical (unpaired) electrons. The molecule has 6 rings (SSSR count). The van der Waals surface area contributed by atoms with E-state index in [2.05, 4.69) is 76.2 Å². The number of carbonyl (C=O) groups excluding carboxylic acids is 2. The topological polar surface area (TPSA) is 40.6 Å². The SMILES string of the molecule is CCCCCCCCN1C(=O)C2=C(c3ccc(-c4ccc(CCCCCC)s4)s3)N(CCCCCCCC)C(=O)C2=C1c1ccc(-c2ccc(CCCCCC)s2)s1. The Morgan fingerprint density at radius 3 is 1.07 bits per heavy atom. The minimum Gasteiger partial charge on any atom is -0.306 e. The highest BCUT2D eigenvalue weighted by molar-refractivity contribution is 7.23. The molecule has 0 bridgehead atoms. The Morgan fingerprint density at radius 1 is 0.362 bits per heavy atom. The third kappa shape index (κ3) is 11.3. The quantitative estimate of drug-likeness (QED) is 0.0534. The fraction of sp³-hybridized carbons (Fsp3) is 0.560. The fourth-order valence-corrected chi connectivity index (χ4v) is 12.8. The molecule has 0 aromatic carbocycles. The normalized spacial score (nSPS) is 14.3. The smallest absolute Gasteiger partial charge is 0.261 e. The molecule has 0 aliphatic carbocycles. The lowest BCUT2D eigenvalue weighted by Gasteiger charge is -2.24. The molecular formula is C50H68N2O2S4. The van der Waals surface area contributed by atoms with Crippen molar-refractivity contribution in [2.24, 2.45) is 0 Å². The Morgan fingerprint density at radius 2 is 0.672 bits per heavy atom. The van der Waals surface area contributed by atoms with E-state index >= 15 is 0 Å². The number of hydrogen-bond donors (Lipinski definition) is 0. The molecule has 2 aliphatic heterocycles. The first-order valence-electron chi connectivity index (χ1n) is 23.0. The van der Waals surface area contributed by atoms with Crippen LogP contribution >= 0.6 is 45.3 Å². The van der Waals surface area contributed by atoms with E-state index in [1.165, 1.54) is 132 Å². The van der Waals surface area contributed by atoms with Gasteiger partial charge in [-0.1, -0.05) is 130 Å². The highest BCUT2D eigenvalue weighted by Crippen LogP contribution is 2.50. The lowest BCUT2D eigenvalue weighted by atomic mass is 10.1. The molecular weight excluding hydrogens is 789 g/mol. The summed E-state index contributed by atoms with van der Waals surface area (Å²) in [6, 6.07) is 17.9. The van der Waals surface area contributed by atoms with Crippen molar-refractivity contribution in [1.82, 2.24) is 9.80 Å². The molecule has 4 nitrogen and oxygen atoms in total. The van der Waals surface area contributed by atoms with E-state index in [-0.39, 0.29) is 11.8 Å². The Kier molecular flexibility index (Phi) is 18.0. The van der Waals surface area contributed by atoms with E-state index in [4.69, 9.17) is 0 Å². The van der Waals surface area contributed by atoms with Crippen LogP contribution in [0, 0.1) is 0 Å². The maximum atomic E-state index is 15.0. The average Bonchev–Trinajstić information content (AvgIpc) is 4.09. The monoisotopic (exact) mass is 856 g/mol. The van der Waals surface area contributed by atoms with E-state index in [1.807, 2.05) is 32.5 Å². The molecule has 314 valence electrons. The number of hydrogen-bond acceptors (Lipinski definition) is 6. The molecule has 8 heteroatoms. The summed E-state index contributed by atoms with van der Waals surface area (Å²) in [4.78, 5) is 43.9. The number of carbonyl (C=O) groups is 2. The molecule has 6 heterocycles. The zero-order valence-electron chi connectivity index (χ0n) is 35.9. The summed E-state index contributed by atoms with van der Waals surface area (Å²) in [5, 5.41) is 0. The summed E-state index contributed by atoms with van der Waals surface area (Å²) in [5.74, 6) is 0.0152. The molecule has 4 aromatic heterocycles. The number of nitrogens with zero attached hydrogens (tertiary/aromatic N) is 2. The van der Waals surface area contributed by atoms with Gasteiger partial charge in [-0.25, -0.2) is 0 Å². The van der Waals surface area contributed by atoms with Crippen LogP contribution in [-0.2, 0) is 22.4 Å². The minimum absolute atomic E-state index is 0.00762. The van der Waals surface area contributed by atoms with Gasteiger partial charge in [-0.2, -0.15) is 0 Å². The number of rotatable bonds is 28. The molecule has 0 N–H and O–H groups in total. The molecule has 0 saturated heterocycles. The Balaban J connectivity index is 1.34. The second kappa shape index (κ2) is 23.3. The maximum absolute atomic E-state index is 15.0. The lowest BCUT2D eigenvalue weighted by Crippen LogP contribution is -2.30. The third-order valence-electron chi connectivity index (χ3n) is 11.7. The zero-order chi connectivity index (χ0) is 40.7. The molecule has 58 heavy (non-hydrogen) atoms. The van der Waals surface area contributed by atoms with Gasteiger partial charge in [0.2, 0.25) is 0 Å². The van der Waals surface area contributed by atoms with E-state index in [0.29, 0.717) is 24.2 Å². The molecule has 0 saturated carbocycles. The van der Waals surface area contributed by atoms with Gasteiger partial charge in [0.15, 0.2) is 0 Å². The molecule has 0 fully saturated rings. The first kappa shape index (κ1) is 44.8. The Hall–Kier alpha value is -2.78. The van der Waals surface area contributed by atoms with Crippen LogP contribution in [-0.4, -0.2) is 34.7 Å². The van der Waals surface area contributed by atoms with Gasteiger partial charge in [-0.05, 0) is 87.1 Å². The fourth-order valence-electron chi connectivity index (χ4n) is 8.37. The summed E-state index contributed by atoms with van der Waals surface area (Å²) in [6.45, 7) is 10.3. The van der Waals surface area contributed by atoms with Gasteiger partial charge in [0.25, 0.3) is 11.8 Å². The summed E-state index contributed by atoms with van der Waals surface area (Å²) >= 11 is 7.28. The number of aryl methyl sites for hydroxylation is 2. The number of amides is 2. The van der Waals surface area contributed by atoms with Crippen LogP contribution in [0.15, 0.2) is 59.7 Å². The van der Waals surface area contributed by atoms with Crippen LogP contribution in [0.1, 0.15) is 176 Å². The largest absolute Gasteiger partial charge is 0.306 e. The van der Waals surface area contributed by atoms with Crippen LogP contribution in [0.2, 0.25) is 0 Å². The molecule has 2 amide bonds. The second-order valence-corrected chi connectivity index (χ2v) is 20.9. The summed E-state index contributed by atoms with van der Waals surface area (Å²) in [5.41, 5.74) is 2.95. The van der Waals surface area contributed by atoms with Gasteiger partial charge < -0.3 is 9.80 Å². The van der Waals surface area contributed by atoms with Gasteiger partial charge in [-0.3, -0.25) is 9.59 Å². The van der Waals surface area contributed by atoms with E-state index in [0.717, 1.165) is 59.7 Å². The van der Waals surface area contributed by atoms with Crippen molar-refractivity contribution in [2.75, 3.05) is 13.1 Å². The first-order valence-corrected chi connectivity index (χ1v) is 26.3. The van der Waals surface area contributed by atoms with Crippen LogP contribution < -0.4 is 0 Å². The highest BCUT2D eigenvalue weighted by atomic mass is 32.1. The average molecular weight is 857 g/mol. The lowest BCUT2D eigenvalue weighted by molar-refractivity contribution is -0.124. The summed E-state index contributed by atoms with van der Waals surface area (Å²) < 4.78 is 0. The van der Waals surface area contributed by atoms with Crippen LogP contribution in [0.4, 0.5) is 0 Å². The van der Waals surface area contributed by atoms with Crippen LogP contribution in [0.5, 0.6) is 0 Å². The molecule has 2 aliphatic rings. The van der Waals surface area contributed by atoms with Crippen molar-refractivity contribution in [3.63, 3.8) is 0 Å². The summed E-state index contributed by atoms with van der Waals surface area (Å²) in [6.07, 6.45) is 26.3. The van der Waals surface area contributed by atoms with Gasteiger partial charge in [0.05, 0.1) is 32.3 Å². The standard InChI is InChI=1S/C50H68N2O2S4/c1-5-9-13-17-19-23-35-51-47(43-33-31-41(57-43)39-29-27-37(55-39)25-21-15-11-7-3)45-46(49(51)53)48(52(50(45)54)36-24-20-18-14-10-6-2)44-34-32-42(58-44)40-30-28-38(56-40)26-22-16-12-8-4/h27-34H,5-26,35-36H2,1-4H3. The third-order valence-corrected chi connectivity index (χ3v) is 16.6. The number of thiophene rings is 4. The Labute approximate surface area is 366 Å². The van der Waals surface area contributed by atoms with Crippen molar-refractivity contribution >= 4 is 68.6 Å². The molecule has 0 unspecified atom stereocenters. The first-order chi connectivity index (χ1) is 28.5. The highest BCUT2D eigenvalue weighted by Gasteiger charge is 2.49. The van der Waals surface area contributed by atoms with Crippen molar-refractivity contribution < 1.29 is 9.59 Å². The predicted octanol–water partition coefficient (Wildman–Crippen LogP) is 16.0. The van der Waals surface area contributed by atoms with Crippen molar-refractivity contribution in [3.05, 3.63) is 79.2 Å². The molecule has 0 spiro atoms. The predicted molar refractivity (Wildman–Crippen MR) is 255 cm³/mol. The van der Waals surface area contributed by atoms with Crippen molar-refractivity contribution in [3.8, 4) is 19.5 Å². The maximum Gasteiger partial charge on any atom is 0.261 e. The van der Waals surface area contributed by atoms with E-state index < -0.39 is 0 Å². The summed E-state index contributed by atoms with van der Waals surface area (Å²) in [7, 11) is 0. The van der Waals surface area contributed by atoms with Crippen molar-refractivity contribution in [2.45, 2.75) is 169 Å². The van der Waals surface area contributed by atoms with E-state index in [1.54, 1.807) is 22.7 Å².